The van der Waals surface area contributed by atoms with E-state index in [0.29, 0.717) is 6.61 Å². The molecule has 0 radical (unpaired) electrons. The first-order chi connectivity index (χ1) is 8.27. The summed E-state index contributed by atoms with van der Waals surface area (Å²) in [6.45, 7) is 1.96. The molecule has 1 N–H and O–H groups in total. The first-order valence-electron chi connectivity index (χ1n) is 6.68. The van der Waals surface area contributed by atoms with Gasteiger partial charge in [-0.3, -0.25) is 4.79 Å². The van der Waals surface area contributed by atoms with Crippen LogP contribution in [0, 0.1) is 0 Å². The maximum atomic E-state index is 10.7. The van der Waals surface area contributed by atoms with Crippen LogP contribution in [0.1, 0.15) is 64.7 Å². The van der Waals surface area contributed by atoms with E-state index in [1.165, 1.54) is 62.2 Å². The Kier molecular flexibility index (Phi) is 14.7. The number of unbranched alkanes of at least 4 members (excludes halogenated alkanes) is 8. The highest BCUT2D eigenvalue weighted by molar-refractivity contribution is 8.82. The van der Waals surface area contributed by atoms with Crippen molar-refractivity contribution in [3.8, 4) is 0 Å². The zero-order valence-electron chi connectivity index (χ0n) is 11.0. The topological polar surface area (TPSA) is 37.3 Å². The molecule has 2 nitrogen and oxygen atoms in total. The molecule has 0 spiro atoms. The summed E-state index contributed by atoms with van der Waals surface area (Å²) >= 11 is 0. The Labute approximate surface area is 114 Å². The van der Waals surface area contributed by atoms with E-state index in [-0.39, 0.29) is 5.12 Å². The monoisotopic (exact) mass is 278 g/mol. The minimum atomic E-state index is 0.206. The normalized spacial score (nSPS) is 10.7. The van der Waals surface area contributed by atoms with Gasteiger partial charge in [0.25, 0.3) is 0 Å². The lowest BCUT2D eigenvalue weighted by Gasteiger charge is -2.01. The lowest BCUT2D eigenvalue weighted by atomic mass is 10.1. The SMILES string of the molecule is CC(=O)SSCCCCCCCCCCCO. The molecular formula is C13H26O2S2. The zero-order chi connectivity index (χ0) is 12.8. The van der Waals surface area contributed by atoms with Crippen molar-refractivity contribution in [2.45, 2.75) is 64.7 Å². The van der Waals surface area contributed by atoms with Gasteiger partial charge in [0.15, 0.2) is 5.12 Å². The molecule has 4 heteroatoms. The molecule has 0 saturated carbocycles. The highest BCUT2D eigenvalue weighted by atomic mass is 33.1. The first kappa shape index (κ1) is 17.3. The lowest BCUT2D eigenvalue weighted by molar-refractivity contribution is -0.109. The smallest absolute Gasteiger partial charge is 0.196 e. The van der Waals surface area contributed by atoms with Gasteiger partial charge >= 0.3 is 0 Å². The fourth-order valence-electron chi connectivity index (χ4n) is 1.63. The number of carbonyl (C=O) groups is 1. The maximum absolute atomic E-state index is 10.7. The second kappa shape index (κ2) is 14.4. The van der Waals surface area contributed by atoms with Gasteiger partial charge in [-0.1, -0.05) is 55.7 Å². The molecule has 17 heavy (non-hydrogen) atoms. The zero-order valence-corrected chi connectivity index (χ0v) is 12.6. The Bertz CT molecular complexity index is 175. The van der Waals surface area contributed by atoms with E-state index in [0.717, 1.165) is 12.2 Å². The molecule has 0 bridgehead atoms. The Morgan fingerprint density at radius 1 is 0.882 bits per heavy atom. The molecule has 0 aromatic heterocycles. The molecule has 0 aromatic rings. The van der Waals surface area contributed by atoms with Crippen molar-refractivity contribution in [2.24, 2.45) is 0 Å². The molecular weight excluding hydrogens is 252 g/mol. The van der Waals surface area contributed by atoms with Gasteiger partial charge in [0.2, 0.25) is 0 Å². The highest BCUT2D eigenvalue weighted by Gasteiger charge is 1.95. The van der Waals surface area contributed by atoms with E-state index in [1.54, 1.807) is 17.7 Å². The summed E-state index contributed by atoms with van der Waals surface area (Å²) in [7, 11) is 3.05. The van der Waals surface area contributed by atoms with Crippen LogP contribution in [0.5, 0.6) is 0 Å². The fraction of sp³-hybridized carbons (Fsp3) is 0.923. The number of aliphatic hydroxyl groups excluding tert-OH is 1. The molecule has 0 aliphatic rings. The molecule has 0 aliphatic heterocycles. The van der Waals surface area contributed by atoms with Crippen molar-refractivity contribution >= 4 is 26.7 Å². The quantitative estimate of drug-likeness (QED) is 0.423. The summed E-state index contributed by atoms with van der Waals surface area (Å²) in [6, 6.07) is 0. The van der Waals surface area contributed by atoms with Gasteiger partial charge in [-0.2, -0.15) is 0 Å². The van der Waals surface area contributed by atoms with Crippen LogP contribution in [0.25, 0.3) is 0 Å². The molecule has 0 amide bonds. The second-order valence-corrected chi connectivity index (χ2v) is 6.90. The van der Waals surface area contributed by atoms with E-state index in [9.17, 15) is 4.79 Å². The molecule has 0 saturated heterocycles. The molecule has 0 heterocycles. The van der Waals surface area contributed by atoms with Crippen molar-refractivity contribution in [1.82, 2.24) is 0 Å². The first-order valence-corrected chi connectivity index (χ1v) is 9.00. The van der Waals surface area contributed by atoms with Crippen LogP contribution in [0.4, 0.5) is 0 Å². The summed E-state index contributed by atoms with van der Waals surface area (Å²) in [4.78, 5) is 10.7. The van der Waals surface area contributed by atoms with E-state index >= 15 is 0 Å². The van der Waals surface area contributed by atoms with Crippen molar-refractivity contribution in [3.63, 3.8) is 0 Å². The average Bonchev–Trinajstić information content (AvgIpc) is 2.30. The van der Waals surface area contributed by atoms with Gasteiger partial charge in [0.05, 0.1) is 0 Å². The molecule has 0 rings (SSSR count). The third-order valence-electron chi connectivity index (χ3n) is 2.56. The molecule has 0 unspecified atom stereocenters. The second-order valence-electron chi connectivity index (χ2n) is 4.30. The lowest BCUT2D eigenvalue weighted by Crippen LogP contribution is -1.85. The molecule has 0 aromatic carbocycles. The van der Waals surface area contributed by atoms with E-state index < -0.39 is 0 Å². The Morgan fingerprint density at radius 3 is 1.82 bits per heavy atom. The standard InChI is InChI=1S/C13H26O2S2/c1-13(15)17-16-12-10-8-6-4-2-3-5-7-9-11-14/h14H,2-12H2,1H3. The predicted octanol–water partition coefficient (Wildman–Crippen LogP) is 4.42. The predicted molar refractivity (Wildman–Crippen MR) is 79.4 cm³/mol. The van der Waals surface area contributed by atoms with Gasteiger partial charge < -0.3 is 5.11 Å². The van der Waals surface area contributed by atoms with Crippen LogP contribution in [-0.4, -0.2) is 22.6 Å². The number of aliphatic hydroxyl groups is 1. The summed E-state index contributed by atoms with van der Waals surface area (Å²) in [6.07, 6.45) is 11.2. The number of carbonyl (C=O) groups excluding carboxylic acids is 1. The van der Waals surface area contributed by atoms with Crippen molar-refractivity contribution in [1.29, 1.82) is 0 Å². The highest BCUT2D eigenvalue weighted by Crippen LogP contribution is 2.23. The van der Waals surface area contributed by atoms with Crippen LogP contribution >= 0.6 is 21.6 Å². The van der Waals surface area contributed by atoms with Crippen LogP contribution in [0.2, 0.25) is 0 Å². The van der Waals surface area contributed by atoms with E-state index in [2.05, 4.69) is 0 Å². The van der Waals surface area contributed by atoms with Crippen molar-refractivity contribution < 1.29 is 9.90 Å². The van der Waals surface area contributed by atoms with Crippen LogP contribution < -0.4 is 0 Å². The number of hydrogen-bond donors (Lipinski definition) is 1. The summed E-state index contributed by atoms with van der Waals surface area (Å²) < 4.78 is 0. The Balaban J connectivity index is 2.91. The van der Waals surface area contributed by atoms with Gasteiger partial charge in [-0.15, -0.1) is 0 Å². The van der Waals surface area contributed by atoms with E-state index in [4.69, 9.17) is 5.11 Å². The van der Waals surface area contributed by atoms with Gasteiger partial charge in [0, 0.05) is 19.3 Å². The Morgan fingerprint density at radius 2 is 1.35 bits per heavy atom. The fourth-order valence-corrected chi connectivity index (χ4v) is 3.31. The summed E-state index contributed by atoms with van der Waals surface area (Å²) in [5.41, 5.74) is 0. The minimum absolute atomic E-state index is 0.206. The molecule has 0 atom stereocenters. The van der Waals surface area contributed by atoms with Crippen LogP contribution in [-0.2, 0) is 4.79 Å². The largest absolute Gasteiger partial charge is 0.396 e. The molecule has 0 aliphatic carbocycles. The number of rotatable bonds is 12. The number of hydrogen-bond acceptors (Lipinski definition) is 4. The van der Waals surface area contributed by atoms with E-state index in [1.807, 2.05) is 0 Å². The average molecular weight is 278 g/mol. The third kappa shape index (κ3) is 16.3. The molecule has 102 valence electrons. The van der Waals surface area contributed by atoms with Crippen molar-refractivity contribution in [2.75, 3.05) is 12.4 Å². The summed E-state index contributed by atoms with van der Waals surface area (Å²) in [5.74, 6) is 1.10. The van der Waals surface area contributed by atoms with Gasteiger partial charge in [0.1, 0.15) is 0 Å². The van der Waals surface area contributed by atoms with Crippen LogP contribution in [0.15, 0.2) is 0 Å². The third-order valence-corrected chi connectivity index (χ3v) is 4.93. The van der Waals surface area contributed by atoms with Gasteiger partial charge in [-0.25, -0.2) is 0 Å². The minimum Gasteiger partial charge on any atom is -0.396 e. The summed E-state index contributed by atoms with van der Waals surface area (Å²) in [5, 5.41) is 8.83. The Hall–Kier alpha value is 0.330. The molecule has 0 fully saturated rings. The van der Waals surface area contributed by atoms with Crippen LogP contribution in [0.3, 0.4) is 0 Å². The van der Waals surface area contributed by atoms with Crippen molar-refractivity contribution in [3.05, 3.63) is 0 Å². The van der Waals surface area contributed by atoms with Gasteiger partial charge in [-0.05, 0) is 23.6 Å². The maximum Gasteiger partial charge on any atom is 0.196 e.